The minimum Gasteiger partial charge on any atom is -0.312 e. The highest BCUT2D eigenvalue weighted by atomic mass is 33.1. The molecule has 0 aliphatic rings. The summed E-state index contributed by atoms with van der Waals surface area (Å²) in [7, 11) is 3.82. The molecule has 0 bridgehead atoms. The lowest BCUT2D eigenvalue weighted by Crippen LogP contribution is -2.17. The van der Waals surface area contributed by atoms with Crippen molar-refractivity contribution in [1.29, 1.82) is 0 Å². The zero-order chi connectivity index (χ0) is 19.0. The normalized spacial score (nSPS) is 11.6. The molecule has 0 saturated heterocycles. The van der Waals surface area contributed by atoms with Crippen molar-refractivity contribution >= 4 is 67.1 Å². The van der Waals surface area contributed by atoms with Crippen LogP contribution in [-0.4, -0.2) is 42.1 Å². The number of nitrogens with one attached hydrogen (secondary N) is 2. The molecule has 0 aliphatic heterocycles. The summed E-state index contributed by atoms with van der Waals surface area (Å²) in [6.45, 7) is 3.65. The van der Waals surface area contributed by atoms with Crippen molar-refractivity contribution in [2.75, 3.05) is 24.6 Å². The summed E-state index contributed by atoms with van der Waals surface area (Å²) in [5.41, 5.74) is 6.47. The minimum absolute atomic E-state index is 0.840. The van der Waals surface area contributed by atoms with Crippen LogP contribution in [0.5, 0.6) is 0 Å². The maximum absolute atomic E-state index is 4.38. The third kappa shape index (κ3) is 5.19. The minimum atomic E-state index is 0.840. The van der Waals surface area contributed by atoms with Crippen molar-refractivity contribution in [3.05, 3.63) is 47.5 Å². The number of hydrogen-bond acceptors (Lipinski definition) is 10. The average Bonchev–Trinajstić information content (AvgIpc) is 3.39. The van der Waals surface area contributed by atoms with Gasteiger partial charge in [-0.1, -0.05) is 45.9 Å². The first kappa shape index (κ1) is 20.0. The molecular formula is C18H20N6S4. The quantitative estimate of drug-likeness (QED) is 0.264. The molecule has 2 aromatic carbocycles. The molecular weight excluding hydrogens is 429 g/mol. The zero-order valence-electron chi connectivity index (χ0n) is 15.1. The van der Waals surface area contributed by atoms with E-state index in [0.717, 1.165) is 59.8 Å². The Kier molecular flexibility index (Phi) is 7.48. The van der Waals surface area contributed by atoms with Crippen LogP contribution in [0.4, 0.5) is 0 Å². The molecule has 28 heavy (non-hydrogen) atoms. The van der Waals surface area contributed by atoms with Crippen LogP contribution in [0.15, 0.2) is 36.4 Å². The summed E-state index contributed by atoms with van der Waals surface area (Å²) >= 11 is 2.55. The fraction of sp³-hybridized carbons (Fsp3) is 0.333. The molecule has 10 heteroatoms. The Labute approximate surface area is 180 Å². The molecule has 0 unspecified atom stereocenters. The fourth-order valence-corrected chi connectivity index (χ4v) is 5.84. The van der Waals surface area contributed by atoms with Crippen molar-refractivity contribution in [2.45, 2.75) is 13.1 Å². The smallest absolute Gasteiger partial charge is 0.109 e. The third-order valence-electron chi connectivity index (χ3n) is 4.18. The maximum atomic E-state index is 4.38. The fourth-order valence-electron chi connectivity index (χ4n) is 2.80. The number of benzene rings is 2. The summed E-state index contributed by atoms with van der Waals surface area (Å²) in [5, 5.41) is 6.99. The van der Waals surface area contributed by atoms with Gasteiger partial charge in [-0.3, -0.25) is 0 Å². The molecule has 0 amide bonds. The van der Waals surface area contributed by atoms with E-state index in [1.54, 1.807) is 0 Å². The lowest BCUT2D eigenvalue weighted by molar-refractivity contribution is 0.734. The molecule has 2 N–H and O–H groups in total. The predicted molar refractivity (Wildman–Crippen MR) is 123 cm³/mol. The van der Waals surface area contributed by atoms with Gasteiger partial charge in [0.1, 0.15) is 22.1 Å². The Morgan fingerprint density at radius 1 is 0.679 bits per heavy atom. The standard InChI is InChI=1S/C18H20N6S4/c1-3-13(17-15(5-1)21-27-23-17)11-19-7-9-25-26-10-8-20-12-14-4-2-6-16-18(14)24-28-22-16/h1-6,19-20H,7-12H2. The van der Waals surface area contributed by atoms with E-state index >= 15 is 0 Å². The van der Waals surface area contributed by atoms with Gasteiger partial charge in [0.15, 0.2) is 0 Å². The molecule has 0 aliphatic carbocycles. The van der Waals surface area contributed by atoms with Gasteiger partial charge in [0.2, 0.25) is 0 Å². The van der Waals surface area contributed by atoms with E-state index in [4.69, 9.17) is 0 Å². The molecule has 0 spiro atoms. The Morgan fingerprint density at radius 3 is 1.68 bits per heavy atom. The first-order valence-electron chi connectivity index (χ1n) is 8.98. The van der Waals surface area contributed by atoms with Crippen LogP contribution in [0, 0.1) is 0 Å². The predicted octanol–water partition coefficient (Wildman–Crippen LogP) is 3.96. The molecule has 2 aromatic heterocycles. The summed E-state index contributed by atoms with van der Waals surface area (Å²) in [6.07, 6.45) is 0. The highest BCUT2D eigenvalue weighted by molar-refractivity contribution is 8.76. The monoisotopic (exact) mass is 448 g/mol. The highest BCUT2D eigenvalue weighted by Gasteiger charge is 2.05. The van der Waals surface area contributed by atoms with Gasteiger partial charge in [0.05, 0.1) is 23.5 Å². The van der Waals surface area contributed by atoms with Crippen LogP contribution < -0.4 is 10.6 Å². The van der Waals surface area contributed by atoms with Gasteiger partial charge in [-0.05, 0) is 23.3 Å². The molecule has 0 atom stereocenters. The summed E-state index contributed by atoms with van der Waals surface area (Å²) in [6, 6.07) is 12.3. The average molecular weight is 449 g/mol. The van der Waals surface area contributed by atoms with Crippen LogP contribution in [0.1, 0.15) is 11.1 Å². The van der Waals surface area contributed by atoms with Crippen molar-refractivity contribution in [2.24, 2.45) is 0 Å². The van der Waals surface area contributed by atoms with Gasteiger partial charge in [-0.15, -0.1) is 0 Å². The number of hydrogen-bond donors (Lipinski definition) is 2. The van der Waals surface area contributed by atoms with Crippen LogP contribution in [0.2, 0.25) is 0 Å². The Bertz CT molecular complexity index is 935. The largest absolute Gasteiger partial charge is 0.312 e. The van der Waals surface area contributed by atoms with Crippen molar-refractivity contribution in [3.8, 4) is 0 Å². The van der Waals surface area contributed by atoms with Gasteiger partial charge in [-0.2, -0.15) is 17.5 Å². The van der Waals surface area contributed by atoms with Crippen molar-refractivity contribution in [1.82, 2.24) is 28.1 Å². The van der Waals surface area contributed by atoms with E-state index in [1.807, 2.05) is 45.9 Å². The van der Waals surface area contributed by atoms with E-state index in [-0.39, 0.29) is 0 Å². The molecule has 2 heterocycles. The van der Waals surface area contributed by atoms with Gasteiger partial charge in [0, 0.05) is 37.7 Å². The summed E-state index contributed by atoms with van der Waals surface area (Å²) in [4.78, 5) is 0. The van der Waals surface area contributed by atoms with E-state index in [2.05, 4.69) is 40.3 Å². The molecule has 0 saturated carbocycles. The van der Waals surface area contributed by atoms with Crippen molar-refractivity contribution in [3.63, 3.8) is 0 Å². The van der Waals surface area contributed by atoms with Crippen LogP contribution in [0.3, 0.4) is 0 Å². The SMILES string of the molecule is c1cc(CNCCSSCCNCc2cccc3nsnc23)c2nsnc2c1. The lowest BCUT2D eigenvalue weighted by Gasteiger charge is -2.06. The van der Waals surface area contributed by atoms with Crippen LogP contribution in [0.25, 0.3) is 22.1 Å². The van der Waals surface area contributed by atoms with E-state index in [1.165, 1.54) is 34.6 Å². The third-order valence-corrected chi connectivity index (χ3v) is 7.67. The second-order valence-electron chi connectivity index (χ2n) is 6.10. The van der Waals surface area contributed by atoms with E-state index in [9.17, 15) is 0 Å². The summed E-state index contributed by atoms with van der Waals surface area (Å²) in [5.74, 6) is 2.17. The van der Waals surface area contributed by atoms with Gasteiger partial charge < -0.3 is 10.6 Å². The number of nitrogens with zero attached hydrogens (tertiary/aromatic N) is 4. The molecule has 0 fully saturated rings. The molecule has 146 valence electrons. The van der Waals surface area contributed by atoms with E-state index < -0.39 is 0 Å². The topological polar surface area (TPSA) is 75.6 Å². The molecule has 0 radical (unpaired) electrons. The summed E-state index contributed by atoms with van der Waals surface area (Å²) < 4.78 is 17.3. The zero-order valence-corrected chi connectivity index (χ0v) is 18.4. The van der Waals surface area contributed by atoms with Gasteiger partial charge in [-0.25, -0.2) is 0 Å². The van der Waals surface area contributed by atoms with Crippen LogP contribution >= 0.6 is 45.0 Å². The van der Waals surface area contributed by atoms with Crippen LogP contribution in [-0.2, 0) is 13.1 Å². The lowest BCUT2D eigenvalue weighted by atomic mass is 10.2. The Balaban J connectivity index is 1.06. The Morgan fingerprint density at radius 2 is 1.18 bits per heavy atom. The van der Waals surface area contributed by atoms with Crippen molar-refractivity contribution < 1.29 is 0 Å². The van der Waals surface area contributed by atoms with Gasteiger partial charge in [0.25, 0.3) is 0 Å². The molecule has 4 aromatic rings. The van der Waals surface area contributed by atoms with E-state index in [0.29, 0.717) is 0 Å². The highest BCUT2D eigenvalue weighted by Crippen LogP contribution is 2.20. The second-order valence-corrected chi connectivity index (χ2v) is 9.85. The Hall–Kier alpha value is -1.30. The number of rotatable bonds is 11. The molecule has 4 rings (SSSR count). The molecule has 6 nitrogen and oxygen atoms in total. The maximum Gasteiger partial charge on any atom is 0.109 e. The second kappa shape index (κ2) is 10.5. The number of fused-ring (bicyclic) bond motifs is 2. The number of aromatic nitrogens is 4. The van der Waals surface area contributed by atoms with Gasteiger partial charge >= 0.3 is 0 Å². The first-order valence-corrected chi connectivity index (χ1v) is 12.9. The first-order chi connectivity index (χ1) is 13.9.